The van der Waals surface area contributed by atoms with Gasteiger partial charge in [-0.2, -0.15) is 0 Å². The summed E-state index contributed by atoms with van der Waals surface area (Å²) in [6, 6.07) is 0. The van der Waals surface area contributed by atoms with E-state index in [2.05, 4.69) is 4.74 Å². The van der Waals surface area contributed by atoms with Crippen LogP contribution in [0.1, 0.15) is 13.8 Å². The predicted molar refractivity (Wildman–Crippen MR) is 44.1 cm³/mol. The van der Waals surface area contributed by atoms with Crippen molar-refractivity contribution in [1.29, 1.82) is 0 Å². The van der Waals surface area contributed by atoms with Crippen LogP contribution in [0.4, 0.5) is 0 Å². The molecule has 13 heavy (non-hydrogen) atoms. The Bertz CT molecular complexity index is 177. The van der Waals surface area contributed by atoms with Crippen molar-refractivity contribution in [3.63, 3.8) is 0 Å². The maximum absolute atomic E-state index is 10.9. The average molecular weight is 190 g/mol. The molecule has 0 aliphatic heterocycles. The summed E-state index contributed by atoms with van der Waals surface area (Å²) in [5.74, 6) is -1.07. The first-order valence-corrected chi connectivity index (χ1v) is 3.88. The van der Waals surface area contributed by atoms with Crippen LogP contribution >= 0.6 is 0 Å². The van der Waals surface area contributed by atoms with Gasteiger partial charge in [-0.3, -0.25) is 4.79 Å². The molecule has 0 aliphatic rings. The molecule has 0 aromatic carbocycles. The van der Waals surface area contributed by atoms with Crippen molar-refractivity contribution in [1.82, 2.24) is 0 Å². The second kappa shape index (κ2) is 6.42. The second-order valence-corrected chi connectivity index (χ2v) is 2.54. The molecule has 0 heterocycles. The highest BCUT2D eigenvalue weighted by atomic mass is 16.6. The molecule has 0 aromatic heterocycles. The van der Waals surface area contributed by atoms with Gasteiger partial charge in [0.05, 0.1) is 6.61 Å². The highest BCUT2D eigenvalue weighted by Gasteiger charge is 2.09. The van der Waals surface area contributed by atoms with Gasteiger partial charge in [-0.25, -0.2) is 4.79 Å². The van der Waals surface area contributed by atoms with Crippen LogP contribution in [0.15, 0.2) is 0 Å². The first kappa shape index (κ1) is 11.9. The maximum Gasteiger partial charge on any atom is 0.344 e. The fourth-order valence-electron chi connectivity index (χ4n) is 0.688. The van der Waals surface area contributed by atoms with Crippen LogP contribution in [0.3, 0.4) is 0 Å². The Balaban J connectivity index is 3.55. The van der Waals surface area contributed by atoms with Crippen molar-refractivity contribution in [3.8, 4) is 0 Å². The fourth-order valence-corrected chi connectivity index (χ4v) is 0.688. The van der Waals surface area contributed by atoms with Gasteiger partial charge in [-0.1, -0.05) is 0 Å². The van der Waals surface area contributed by atoms with Gasteiger partial charge in [0, 0.05) is 14.0 Å². The predicted octanol–water partition coefficient (Wildman–Crippen LogP) is 0.128. The summed E-state index contributed by atoms with van der Waals surface area (Å²) < 4.78 is 14.0. The molecule has 0 fully saturated rings. The summed E-state index contributed by atoms with van der Waals surface area (Å²) in [6.07, 6.45) is -0.326. The van der Waals surface area contributed by atoms with Gasteiger partial charge in [0.15, 0.2) is 6.61 Å². The zero-order valence-electron chi connectivity index (χ0n) is 8.03. The maximum atomic E-state index is 10.9. The summed E-state index contributed by atoms with van der Waals surface area (Å²) in [4.78, 5) is 21.2. The molecule has 0 amide bonds. The van der Waals surface area contributed by atoms with Gasteiger partial charge < -0.3 is 14.2 Å². The highest BCUT2D eigenvalue weighted by Crippen LogP contribution is 1.92. The molecule has 5 heteroatoms. The number of methoxy groups -OCH3 is 1. The molecule has 0 aromatic rings. The Morgan fingerprint density at radius 2 is 2.00 bits per heavy atom. The smallest absolute Gasteiger partial charge is 0.344 e. The normalized spacial score (nSPS) is 11.9. The van der Waals surface area contributed by atoms with Crippen LogP contribution in [-0.2, 0) is 23.8 Å². The molecule has 1 atom stereocenters. The Hall–Kier alpha value is -1.10. The minimum Gasteiger partial charge on any atom is -0.458 e. The number of ether oxygens (including phenoxy) is 3. The Labute approximate surface area is 77.0 Å². The Morgan fingerprint density at radius 1 is 1.38 bits per heavy atom. The van der Waals surface area contributed by atoms with E-state index < -0.39 is 11.9 Å². The topological polar surface area (TPSA) is 61.8 Å². The SMILES string of the molecule is COCC(C)OC(=O)COC(C)=O. The molecule has 0 saturated heterocycles. The number of carbonyl (C=O) groups excluding carboxylic acids is 2. The number of esters is 2. The van der Waals surface area contributed by atoms with E-state index in [1.54, 1.807) is 6.92 Å². The van der Waals surface area contributed by atoms with Crippen LogP contribution in [0.2, 0.25) is 0 Å². The summed E-state index contributed by atoms with van der Waals surface area (Å²) in [5, 5.41) is 0. The van der Waals surface area contributed by atoms with E-state index in [0.29, 0.717) is 6.61 Å². The van der Waals surface area contributed by atoms with E-state index in [-0.39, 0.29) is 12.7 Å². The quantitative estimate of drug-likeness (QED) is 0.576. The van der Waals surface area contributed by atoms with Crippen LogP contribution < -0.4 is 0 Å². The fraction of sp³-hybridized carbons (Fsp3) is 0.750. The van der Waals surface area contributed by atoms with Gasteiger partial charge >= 0.3 is 11.9 Å². The van der Waals surface area contributed by atoms with Gasteiger partial charge in [0.2, 0.25) is 0 Å². The van der Waals surface area contributed by atoms with E-state index in [0.717, 1.165) is 0 Å². The first-order valence-electron chi connectivity index (χ1n) is 3.88. The second-order valence-electron chi connectivity index (χ2n) is 2.54. The summed E-state index contributed by atoms with van der Waals surface area (Å²) in [5.41, 5.74) is 0. The largest absolute Gasteiger partial charge is 0.458 e. The third-order valence-electron chi connectivity index (χ3n) is 1.13. The first-order chi connectivity index (χ1) is 6.06. The van der Waals surface area contributed by atoms with Gasteiger partial charge in [-0.15, -0.1) is 0 Å². The lowest BCUT2D eigenvalue weighted by Gasteiger charge is -2.11. The number of rotatable bonds is 5. The minimum atomic E-state index is -0.570. The minimum absolute atomic E-state index is 0.325. The van der Waals surface area contributed by atoms with Crippen LogP contribution in [0.25, 0.3) is 0 Å². The number of carbonyl (C=O) groups is 2. The molecular formula is C8H14O5. The Morgan fingerprint density at radius 3 is 2.46 bits per heavy atom. The molecule has 0 N–H and O–H groups in total. The van der Waals surface area contributed by atoms with Gasteiger partial charge in [-0.05, 0) is 6.92 Å². The lowest BCUT2D eigenvalue weighted by molar-refractivity contribution is -0.162. The molecule has 0 rings (SSSR count). The monoisotopic (exact) mass is 190 g/mol. The van der Waals surface area contributed by atoms with Crippen molar-refractivity contribution >= 4 is 11.9 Å². The molecule has 0 aliphatic carbocycles. The molecule has 1 unspecified atom stereocenters. The van der Waals surface area contributed by atoms with E-state index in [1.807, 2.05) is 0 Å². The van der Waals surface area contributed by atoms with E-state index in [9.17, 15) is 9.59 Å². The van der Waals surface area contributed by atoms with Gasteiger partial charge in [0.25, 0.3) is 0 Å². The van der Waals surface area contributed by atoms with Gasteiger partial charge in [0.1, 0.15) is 6.10 Å². The zero-order chi connectivity index (χ0) is 10.3. The lowest BCUT2D eigenvalue weighted by Crippen LogP contribution is -2.23. The molecule has 0 spiro atoms. The van der Waals surface area contributed by atoms with Crippen molar-refractivity contribution in [2.45, 2.75) is 20.0 Å². The third kappa shape index (κ3) is 7.27. The van der Waals surface area contributed by atoms with Crippen LogP contribution in [0, 0.1) is 0 Å². The third-order valence-corrected chi connectivity index (χ3v) is 1.13. The molecule has 0 radical (unpaired) electrons. The summed E-state index contributed by atoms with van der Waals surface area (Å²) in [6.45, 7) is 2.90. The van der Waals surface area contributed by atoms with Crippen molar-refractivity contribution < 1.29 is 23.8 Å². The molecule has 76 valence electrons. The standard InChI is InChI=1S/C8H14O5/c1-6(4-11-3)13-8(10)5-12-7(2)9/h6H,4-5H2,1-3H3. The Kier molecular flexibility index (Phi) is 5.88. The van der Waals surface area contributed by atoms with Crippen LogP contribution in [0.5, 0.6) is 0 Å². The number of hydrogen-bond donors (Lipinski definition) is 0. The highest BCUT2D eigenvalue weighted by molar-refractivity contribution is 5.75. The molecule has 0 bridgehead atoms. The van der Waals surface area contributed by atoms with E-state index >= 15 is 0 Å². The van der Waals surface area contributed by atoms with E-state index in [4.69, 9.17) is 9.47 Å². The molecule has 0 saturated carbocycles. The average Bonchev–Trinajstić information content (AvgIpc) is 2.01. The van der Waals surface area contributed by atoms with E-state index in [1.165, 1.54) is 14.0 Å². The van der Waals surface area contributed by atoms with Crippen molar-refractivity contribution in [2.75, 3.05) is 20.3 Å². The molecule has 5 nitrogen and oxygen atoms in total. The van der Waals surface area contributed by atoms with Crippen molar-refractivity contribution in [3.05, 3.63) is 0 Å². The van der Waals surface area contributed by atoms with Crippen molar-refractivity contribution in [2.24, 2.45) is 0 Å². The summed E-state index contributed by atoms with van der Waals surface area (Å²) in [7, 11) is 1.51. The number of hydrogen-bond acceptors (Lipinski definition) is 5. The lowest BCUT2D eigenvalue weighted by atomic mass is 10.4. The van der Waals surface area contributed by atoms with Crippen LogP contribution in [-0.4, -0.2) is 38.4 Å². The molecular weight excluding hydrogens is 176 g/mol. The zero-order valence-corrected chi connectivity index (χ0v) is 8.03. The summed E-state index contributed by atoms with van der Waals surface area (Å²) >= 11 is 0.